The number of nitrogens with one attached hydrogen (secondary N) is 1. The topological polar surface area (TPSA) is 81.8 Å². The summed E-state index contributed by atoms with van der Waals surface area (Å²) in [6, 6.07) is 15.5. The fourth-order valence-electron chi connectivity index (χ4n) is 4.04. The van der Waals surface area contributed by atoms with Gasteiger partial charge in [-0.3, -0.25) is 14.2 Å². The van der Waals surface area contributed by atoms with E-state index in [0.717, 1.165) is 28.3 Å². The van der Waals surface area contributed by atoms with Crippen molar-refractivity contribution in [1.82, 2.24) is 19.1 Å². The fraction of sp³-hybridized carbons (Fsp3) is 0.120. The van der Waals surface area contributed by atoms with Gasteiger partial charge in [0.25, 0.3) is 5.56 Å². The molecule has 3 heterocycles. The summed E-state index contributed by atoms with van der Waals surface area (Å²) in [7, 11) is 0. The number of aromatic nitrogens is 4. The number of fused-ring (bicyclic) bond motifs is 1. The number of para-hydroxylation sites is 2. The van der Waals surface area contributed by atoms with E-state index in [1.54, 1.807) is 30.3 Å². The summed E-state index contributed by atoms with van der Waals surface area (Å²) in [5.41, 5.74) is 5.36. The maximum atomic E-state index is 13.3. The van der Waals surface area contributed by atoms with E-state index >= 15 is 0 Å². The van der Waals surface area contributed by atoms with Crippen LogP contribution < -0.4 is 10.9 Å². The minimum absolute atomic E-state index is 0.143. The zero-order valence-electron chi connectivity index (χ0n) is 18.4. The summed E-state index contributed by atoms with van der Waals surface area (Å²) < 4.78 is 16.8. The van der Waals surface area contributed by atoms with Crippen LogP contribution in [0.2, 0.25) is 0 Å². The van der Waals surface area contributed by atoms with E-state index in [-0.39, 0.29) is 23.8 Å². The van der Waals surface area contributed by atoms with Crippen LogP contribution in [0.15, 0.2) is 71.0 Å². The van der Waals surface area contributed by atoms with Gasteiger partial charge in [-0.05, 0) is 56.3 Å². The molecule has 0 aliphatic heterocycles. The Balaban J connectivity index is 1.38. The van der Waals surface area contributed by atoms with E-state index < -0.39 is 0 Å². The summed E-state index contributed by atoms with van der Waals surface area (Å²) in [6.45, 7) is 3.81. The van der Waals surface area contributed by atoms with Gasteiger partial charge >= 0.3 is 0 Å². The molecule has 0 radical (unpaired) electrons. The lowest BCUT2D eigenvalue weighted by Gasteiger charge is -2.09. The van der Waals surface area contributed by atoms with Crippen molar-refractivity contribution in [2.75, 3.05) is 5.32 Å². The molecule has 0 spiro atoms. The summed E-state index contributed by atoms with van der Waals surface area (Å²) in [6.07, 6.45) is 1.22. The second kappa shape index (κ2) is 8.68. The first-order valence-electron chi connectivity index (χ1n) is 10.6. The van der Waals surface area contributed by atoms with Gasteiger partial charge in [-0.2, -0.15) is 0 Å². The van der Waals surface area contributed by atoms with Gasteiger partial charge in [-0.1, -0.05) is 12.1 Å². The van der Waals surface area contributed by atoms with Crippen molar-refractivity contribution in [3.05, 3.63) is 93.7 Å². The number of nitrogens with zero attached hydrogens (tertiary/aromatic N) is 4. The number of carbonyl (C=O) groups excluding carboxylic acids is 1. The normalized spacial score (nSPS) is 11.1. The molecule has 34 heavy (non-hydrogen) atoms. The van der Waals surface area contributed by atoms with Crippen molar-refractivity contribution in [1.29, 1.82) is 0 Å². The van der Waals surface area contributed by atoms with Gasteiger partial charge in [0, 0.05) is 28.0 Å². The molecule has 1 N–H and O–H groups in total. The Morgan fingerprint density at radius 3 is 2.68 bits per heavy atom. The summed E-state index contributed by atoms with van der Waals surface area (Å²) >= 11 is 1.31. The molecule has 2 aromatic carbocycles. The van der Waals surface area contributed by atoms with Crippen molar-refractivity contribution in [3.8, 4) is 16.9 Å². The van der Waals surface area contributed by atoms with Crippen LogP contribution in [0.4, 0.5) is 9.52 Å². The molecule has 170 valence electrons. The smallest absolute Gasteiger partial charge is 0.269 e. The molecule has 0 atom stereocenters. The Morgan fingerprint density at radius 1 is 1.12 bits per heavy atom. The second-order valence-corrected chi connectivity index (χ2v) is 8.71. The number of amides is 1. The third kappa shape index (κ3) is 4.01. The maximum absolute atomic E-state index is 13.3. The van der Waals surface area contributed by atoms with Gasteiger partial charge in [-0.25, -0.2) is 14.4 Å². The predicted octanol–water partition coefficient (Wildman–Crippen LogP) is 4.71. The number of hydrogen-bond donors (Lipinski definition) is 1. The highest BCUT2D eigenvalue weighted by Crippen LogP contribution is 2.31. The lowest BCUT2D eigenvalue weighted by Crippen LogP contribution is -2.27. The minimum Gasteiger partial charge on any atom is -0.318 e. The Hall–Kier alpha value is -4.11. The molecule has 0 unspecified atom stereocenters. The number of thiazole rings is 1. The van der Waals surface area contributed by atoms with Crippen molar-refractivity contribution < 1.29 is 9.18 Å². The molecule has 3 aromatic heterocycles. The van der Waals surface area contributed by atoms with Crippen molar-refractivity contribution in [2.24, 2.45) is 0 Å². The molecule has 0 bridgehead atoms. The van der Waals surface area contributed by atoms with Crippen LogP contribution >= 0.6 is 11.3 Å². The molecule has 1 amide bonds. The highest BCUT2D eigenvalue weighted by Gasteiger charge is 2.16. The molecule has 0 saturated carbocycles. The first-order chi connectivity index (χ1) is 16.4. The summed E-state index contributed by atoms with van der Waals surface area (Å²) in [5, 5.41) is 5.11. The molecule has 0 aliphatic carbocycles. The van der Waals surface area contributed by atoms with E-state index in [1.807, 2.05) is 35.9 Å². The number of halogens is 1. The fourth-order valence-corrected chi connectivity index (χ4v) is 4.77. The van der Waals surface area contributed by atoms with Crippen LogP contribution in [0.5, 0.6) is 0 Å². The average molecular weight is 474 g/mol. The molecular weight excluding hydrogens is 453 g/mol. The van der Waals surface area contributed by atoms with Gasteiger partial charge in [0.1, 0.15) is 12.4 Å². The van der Waals surface area contributed by atoms with Gasteiger partial charge in [0.2, 0.25) is 5.91 Å². The van der Waals surface area contributed by atoms with Crippen LogP contribution in [-0.2, 0) is 11.3 Å². The lowest BCUT2D eigenvalue weighted by atomic mass is 10.2. The van der Waals surface area contributed by atoms with Gasteiger partial charge in [-0.15, -0.1) is 11.3 Å². The van der Waals surface area contributed by atoms with Gasteiger partial charge < -0.3 is 9.88 Å². The first-order valence-corrected chi connectivity index (χ1v) is 11.4. The van der Waals surface area contributed by atoms with E-state index in [0.29, 0.717) is 16.2 Å². The average Bonchev–Trinajstić information content (AvgIpc) is 3.40. The monoisotopic (exact) mass is 473 g/mol. The number of anilines is 1. The highest BCUT2D eigenvalue weighted by molar-refractivity contribution is 7.14. The third-order valence-electron chi connectivity index (χ3n) is 5.60. The minimum atomic E-state index is -0.351. The Labute approximate surface area is 198 Å². The second-order valence-electron chi connectivity index (χ2n) is 7.85. The van der Waals surface area contributed by atoms with Crippen LogP contribution in [-0.4, -0.2) is 25.0 Å². The van der Waals surface area contributed by atoms with E-state index in [2.05, 4.69) is 15.3 Å². The summed E-state index contributed by atoms with van der Waals surface area (Å²) in [4.78, 5) is 33.7. The maximum Gasteiger partial charge on any atom is 0.269 e. The molecule has 7 nitrogen and oxygen atoms in total. The van der Waals surface area contributed by atoms with Crippen molar-refractivity contribution in [3.63, 3.8) is 0 Å². The number of hydrogen-bond acceptors (Lipinski definition) is 5. The molecule has 5 rings (SSSR count). The van der Waals surface area contributed by atoms with Crippen LogP contribution in [0.3, 0.4) is 0 Å². The van der Waals surface area contributed by atoms with E-state index in [9.17, 15) is 14.0 Å². The van der Waals surface area contributed by atoms with Crippen LogP contribution in [0.1, 0.15) is 11.4 Å². The largest absolute Gasteiger partial charge is 0.318 e. The number of rotatable bonds is 5. The number of benzene rings is 2. The number of carbonyl (C=O) groups is 1. The molecular formula is C25H20FN5O2S. The van der Waals surface area contributed by atoms with E-state index in [1.165, 1.54) is 34.2 Å². The van der Waals surface area contributed by atoms with Crippen LogP contribution in [0, 0.1) is 19.7 Å². The predicted molar refractivity (Wildman–Crippen MR) is 131 cm³/mol. The highest BCUT2D eigenvalue weighted by atomic mass is 32.1. The zero-order chi connectivity index (χ0) is 23.8. The summed E-state index contributed by atoms with van der Waals surface area (Å²) in [5.74, 6) is -0.635. The molecule has 9 heteroatoms. The SMILES string of the molecule is Cc1cc(-c2csc(NC(=O)Cn3c(=O)cnc4ccccc43)n2)c(C)n1-c1ccc(F)cc1. The third-order valence-corrected chi connectivity index (χ3v) is 6.35. The Kier molecular flexibility index (Phi) is 5.54. The van der Waals surface area contributed by atoms with Gasteiger partial charge in [0.15, 0.2) is 5.13 Å². The standard InChI is InChI=1S/C25H20FN5O2S/c1-15-11-19(16(2)31(15)18-9-7-17(26)8-10-18)21-14-34-25(28-21)29-23(32)13-30-22-6-4-3-5-20(22)27-12-24(30)33/h3-12,14H,13H2,1-2H3,(H,28,29,32). The molecule has 0 aliphatic rings. The van der Waals surface area contributed by atoms with Crippen molar-refractivity contribution >= 4 is 33.4 Å². The van der Waals surface area contributed by atoms with Crippen LogP contribution in [0.25, 0.3) is 28.0 Å². The van der Waals surface area contributed by atoms with E-state index in [4.69, 9.17) is 0 Å². The Morgan fingerprint density at radius 2 is 1.88 bits per heavy atom. The molecule has 5 aromatic rings. The quantitative estimate of drug-likeness (QED) is 0.401. The lowest BCUT2D eigenvalue weighted by molar-refractivity contribution is -0.116. The van der Waals surface area contributed by atoms with Gasteiger partial charge in [0.05, 0.1) is 22.9 Å². The first kappa shape index (κ1) is 21.7. The zero-order valence-corrected chi connectivity index (χ0v) is 19.3. The Bertz CT molecular complexity index is 1580. The number of aryl methyl sites for hydroxylation is 1. The molecule has 0 saturated heterocycles. The molecule has 0 fully saturated rings. The van der Waals surface area contributed by atoms with Crippen molar-refractivity contribution in [2.45, 2.75) is 20.4 Å².